The molecule has 88 valence electrons. The van der Waals surface area contributed by atoms with Crippen molar-refractivity contribution >= 4 is 5.91 Å². The van der Waals surface area contributed by atoms with E-state index in [-0.39, 0.29) is 5.41 Å². The maximum atomic E-state index is 12.4. The molecule has 1 fully saturated rings. The molecule has 3 nitrogen and oxygen atoms in total. The first-order valence-corrected chi connectivity index (χ1v) is 6.03. The number of carbonyl (C=O) groups excluding carboxylic acids is 1. The molecule has 1 aliphatic heterocycles. The largest absolute Gasteiger partial charge is 0.340 e. The summed E-state index contributed by atoms with van der Waals surface area (Å²) in [7, 11) is 0. The second kappa shape index (κ2) is 4.97. The van der Waals surface area contributed by atoms with Gasteiger partial charge in [0.05, 0.1) is 0 Å². The second-order valence-corrected chi connectivity index (χ2v) is 5.00. The number of nitrogens with zero attached hydrogens (tertiary/aromatic N) is 1. The third-order valence-corrected chi connectivity index (χ3v) is 3.45. The fourth-order valence-corrected chi connectivity index (χ4v) is 2.28. The van der Waals surface area contributed by atoms with Gasteiger partial charge in [-0.2, -0.15) is 0 Å². The summed E-state index contributed by atoms with van der Waals surface area (Å²) < 4.78 is 0. The van der Waals surface area contributed by atoms with Gasteiger partial charge in [0.15, 0.2) is 0 Å². The first-order chi connectivity index (χ1) is 7.01. The third-order valence-electron chi connectivity index (χ3n) is 3.45. The van der Waals surface area contributed by atoms with Crippen molar-refractivity contribution in [2.75, 3.05) is 19.6 Å². The number of nitrogens with one attached hydrogen (secondary N) is 1. The van der Waals surface area contributed by atoms with E-state index in [9.17, 15) is 4.79 Å². The van der Waals surface area contributed by atoms with Crippen molar-refractivity contribution in [3.05, 3.63) is 0 Å². The van der Waals surface area contributed by atoms with E-state index in [0.29, 0.717) is 11.9 Å². The molecular formula is C12H24N2O. The maximum Gasteiger partial charge on any atom is 0.228 e. The number of carbonyl (C=O) groups is 1. The van der Waals surface area contributed by atoms with Gasteiger partial charge in [0, 0.05) is 18.0 Å². The molecule has 1 rings (SSSR count). The highest BCUT2D eigenvalue weighted by atomic mass is 16.2. The Labute approximate surface area is 93.2 Å². The standard InChI is InChI=1S/C12H24N2O/c1-5-14(10(2)3)11(15)12(4)6-8-13-9-7-12/h10,13H,5-9H2,1-4H3. The van der Waals surface area contributed by atoms with Crippen molar-refractivity contribution in [3.63, 3.8) is 0 Å². The summed E-state index contributed by atoms with van der Waals surface area (Å²) in [6.07, 6.45) is 1.93. The Kier molecular flexibility index (Phi) is 4.14. The van der Waals surface area contributed by atoms with E-state index in [1.165, 1.54) is 0 Å². The van der Waals surface area contributed by atoms with Crippen molar-refractivity contribution in [2.24, 2.45) is 5.41 Å². The summed E-state index contributed by atoms with van der Waals surface area (Å²) in [5.74, 6) is 0.335. The lowest BCUT2D eigenvalue weighted by molar-refractivity contribution is -0.144. The fraction of sp³-hybridized carbons (Fsp3) is 0.917. The van der Waals surface area contributed by atoms with Crippen LogP contribution in [0.15, 0.2) is 0 Å². The van der Waals surface area contributed by atoms with Crippen LogP contribution in [-0.4, -0.2) is 36.5 Å². The van der Waals surface area contributed by atoms with Gasteiger partial charge in [-0.15, -0.1) is 0 Å². The van der Waals surface area contributed by atoms with E-state index in [1.807, 2.05) is 4.90 Å². The van der Waals surface area contributed by atoms with Crippen LogP contribution in [0.5, 0.6) is 0 Å². The van der Waals surface area contributed by atoms with Crippen molar-refractivity contribution in [1.82, 2.24) is 10.2 Å². The summed E-state index contributed by atoms with van der Waals surface area (Å²) in [5.41, 5.74) is -0.133. The van der Waals surface area contributed by atoms with E-state index in [4.69, 9.17) is 0 Å². The Hall–Kier alpha value is -0.570. The van der Waals surface area contributed by atoms with Crippen LogP contribution in [0.3, 0.4) is 0 Å². The van der Waals surface area contributed by atoms with Crippen molar-refractivity contribution < 1.29 is 4.79 Å². The predicted octanol–water partition coefficient (Wildman–Crippen LogP) is 1.63. The van der Waals surface area contributed by atoms with Gasteiger partial charge in [-0.05, 0) is 46.7 Å². The smallest absolute Gasteiger partial charge is 0.228 e. The predicted molar refractivity (Wildman–Crippen MR) is 62.7 cm³/mol. The van der Waals surface area contributed by atoms with Gasteiger partial charge >= 0.3 is 0 Å². The summed E-state index contributed by atoms with van der Waals surface area (Å²) in [6, 6.07) is 0.314. The monoisotopic (exact) mass is 212 g/mol. The zero-order chi connectivity index (χ0) is 11.5. The zero-order valence-corrected chi connectivity index (χ0v) is 10.5. The lowest BCUT2D eigenvalue weighted by atomic mass is 9.79. The molecule has 1 amide bonds. The molecule has 0 saturated carbocycles. The summed E-state index contributed by atoms with van der Waals surface area (Å²) in [4.78, 5) is 14.4. The molecule has 15 heavy (non-hydrogen) atoms. The van der Waals surface area contributed by atoms with Crippen LogP contribution < -0.4 is 5.32 Å². The van der Waals surface area contributed by atoms with Crippen LogP contribution >= 0.6 is 0 Å². The van der Waals surface area contributed by atoms with Gasteiger partial charge in [0.25, 0.3) is 0 Å². The first kappa shape index (κ1) is 12.5. The molecule has 1 saturated heterocycles. The minimum Gasteiger partial charge on any atom is -0.340 e. The molecule has 0 aromatic rings. The molecule has 1 aliphatic rings. The van der Waals surface area contributed by atoms with Gasteiger partial charge in [0.1, 0.15) is 0 Å². The van der Waals surface area contributed by atoms with E-state index >= 15 is 0 Å². The van der Waals surface area contributed by atoms with Gasteiger partial charge < -0.3 is 10.2 Å². The van der Waals surface area contributed by atoms with Crippen molar-refractivity contribution in [1.29, 1.82) is 0 Å². The summed E-state index contributed by atoms with van der Waals surface area (Å²) in [5, 5.41) is 3.31. The van der Waals surface area contributed by atoms with Crippen LogP contribution in [0.1, 0.15) is 40.5 Å². The molecule has 0 aromatic heterocycles. The lowest BCUT2D eigenvalue weighted by Crippen LogP contribution is -2.49. The molecule has 0 bridgehead atoms. The Balaban J connectivity index is 2.71. The molecule has 1 N–H and O–H groups in total. The maximum absolute atomic E-state index is 12.4. The molecular weight excluding hydrogens is 188 g/mol. The quantitative estimate of drug-likeness (QED) is 0.771. The molecule has 0 radical (unpaired) electrons. The Morgan fingerprint density at radius 2 is 1.93 bits per heavy atom. The molecule has 0 aliphatic carbocycles. The highest BCUT2D eigenvalue weighted by Crippen LogP contribution is 2.30. The number of piperidine rings is 1. The van der Waals surface area contributed by atoms with Crippen LogP contribution in [0.2, 0.25) is 0 Å². The SMILES string of the molecule is CCN(C(=O)C1(C)CCNCC1)C(C)C. The summed E-state index contributed by atoms with van der Waals surface area (Å²) >= 11 is 0. The van der Waals surface area contributed by atoms with Crippen molar-refractivity contribution in [3.8, 4) is 0 Å². The average molecular weight is 212 g/mol. The minimum atomic E-state index is -0.133. The first-order valence-electron chi connectivity index (χ1n) is 6.03. The lowest BCUT2D eigenvalue weighted by Gasteiger charge is -2.38. The van der Waals surface area contributed by atoms with Crippen LogP contribution in [0.4, 0.5) is 0 Å². The zero-order valence-electron chi connectivity index (χ0n) is 10.5. The molecule has 0 atom stereocenters. The normalized spacial score (nSPS) is 20.3. The molecule has 3 heteroatoms. The second-order valence-electron chi connectivity index (χ2n) is 5.00. The highest BCUT2D eigenvalue weighted by molar-refractivity contribution is 5.82. The van der Waals surface area contributed by atoms with Gasteiger partial charge in [-0.25, -0.2) is 0 Å². The Bertz CT molecular complexity index is 220. The van der Waals surface area contributed by atoms with E-state index in [0.717, 1.165) is 32.5 Å². The van der Waals surface area contributed by atoms with Crippen LogP contribution in [0, 0.1) is 5.41 Å². The topological polar surface area (TPSA) is 32.3 Å². The molecule has 0 spiro atoms. The van der Waals surface area contributed by atoms with Crippen molar-refractivity contribution in [2.45, 2.75) is 46.6 Å². The molecule has 0 aromatic carbocycles. The highest BCUT2D eigenvalue weighted by Gasteiger charge is 2.37. The fourth-order valence-electron chi connectivity index (χ4n) is 2.28. The van der Waals surface area contributed by atoms with E-state index < -0.39 is 0 Å². The van der Waals surface area contributed by atoms with Crippen LogP contribution in [0.25, 0.3) is 0 Å². The Morgan fingerprint density at radius 3 is 2.33 bits per heavy atom. The number of amides is 1. The average Bonchev–Trinajstić information content (AvgIpc) is 2.19. The molecule has 1 heterocycles. The summed E-state index contributed by atoms with van der Waals surface area (Å²) in [6.45, 7) is 11.1. The number of rotatable bonds is 3. The number of hydrogen-bond donors (Lipinski definition) is 1. The van der Waals surface area contributed by atoms with Gasteiger partial charge in [-0.3, -0.25) is 4.79 Å². The third kappa shape index (κ3) is 2.71. The van der Waals surface area contributed by atoms with Crippen LogP contribution in [-0.2, 0) is 4.79 Å². The minimum absolute atomic E-state index is 0.133. The van der Waals surface area contributed by atoms with E-state index in [2.05, 4.69) is 33.0 Å². The van der Waals surface area contributed by atoms with Gasteiger partial charge in [0.2, 0.25) is 5.91 Å². The van der Waals surface area contributed by atoms with Gasteiger partial charge in [-0.1, -0.05) is 6.92 Å². The Morgan fingerprint density at radius 1 is 1.40 bits per heavy atom. The van der Waals surface area contributed by atoms with E-state index in [1.54, 1.807) is 0 Å². The number of hydrogen-bond acceptors (Lipinski definition) is 2. The molecule has 0 unspecified atom stereocenters.